The van der Waals surface area contributed by atoms with Gasteiger partial charge in [-0.25, -0.2) is 9.37 Å². The van der Waals surface area contributed by atoms with Crippen LogP contribution in [-0.2, 0) is 7.05 Å². The Balaban J connectivity index is 2.02. The zero-order chi connectivity index (χ0) is 17.7. The molecule has 0 spiro atoms. The lowest BCUT2D eigenvalue weighted by Gasteiger charge is -2.10. The maximum absolute atomic E-state index is 13.4. The molecule has 1 N–H and O–H groups in total. The summed E-state index contributed by atoms with van der Waals surface area (Å²) in [5.41, 5.74) is 3.76. The van der Waals surface area contributed by atoms with Gasteiger partial charge in [-0.05, 0) is 37.3 Å². The molecule has 0 bridgehead atoms. The first-order valence-corrected chi connectivity index (χ1v) is 7.99. The first kappa shape index (κ1) is 15.7. The maximum Gasteiger partial charge on any atom is 0.144 e. The van der Waals surface area contributed by atoms with Gasteiger partial charge in [0.15, 0.2) is 0 Å². The number of fused-ring (bicyclic) bond motifs is 1. The van der Waals surface area contributed by atoms with Crippen LogP contribution >= 0.6 is 11.6 Å². The molecule has 25 heavy (non-hydrogen) atoms. The molecule has 126 valence electrons. The topological polar surface area (TPSA) is 55.9 Å². The van der Waals surface area contributed by atoms with E-state index in [0.29, 0.717) is 16.1 Å². The van der Waals surface area contributed by atoms with Crippen molar-refractivity contribution in [3.8, 4) is 22.7 Å². The summed E-state index contributed by atoms with van der Waals surface area (Å²) in [7, 11) is 1.83. The van der Waals surface area contributed by atoms with E-state index in [2.05, 4.69) is 10.1 Å². The van der Waals surface area contributed by atoms with Gasteiger partial charge in [-0.15, -0.1) is 0 Å². The number of phenolic OH excluding ortho intramolecular Hbond substituents is 1. The Kier molecular flexibility index (Phi) is 3.51. The highest BCUT2D eigenvalue weighted by Crippen LogP contribution is 2.36. The van der Waals surface area contributed by atoms with Crippen LogP contribution in [-0.4, -0.2) is 24.4 Å². The highest BCUT2D eigenvalue weighted by molar-refractivity contribution is 6.33. The van der Waals surface area contributed by atoms with E-state index in [0.717, 1.165) is 22.6 Å². The largest absolute Gasteiger partial charge is 0.508 e. The number of rotatable bonds is 2. The summed E-state index contributed by atoms with van der Waals surface area (Å²) in [6, 6.07) is 9.30. The minimum Gasteiger partial charge on any atom is -0.508 e. The van der Waals surface area contributed by atoms with Crippen LogP contribution < -0.4 is 0 Å². The standard InChI is InChI=1S/C18H14ClFN4O/c1-10-17(13-5-3-11(20)7-14(13)19)18(23(2)22-10)24-9-21-15-8-12(25)4-6-16(15)24/h3-9,25H,1-2H3. The van der Waals surface area contributed by atoms with E-state index in [9.17, 15) is 9.50 Å². The van der Waals surface area contributed by atoms with Crippen LogP contribution in [0.15, 0.2) is 42.7 Å². The van der Waals surface area contributed by atoms with Gasteiger partial charge in [-0.1, -0.05) is 11.6 Å². The Morgan fingerprint density at radius 2 is 1.96 bits per heavy atom. The molecule has 2 aromatic heterocycles. The number of aryl methyl sites for hydroxylation is 2. The van der Waals surface area contributed by atoms with E-state index >= 15 is 0 Å². The first-order valence-electron chi connectivity index (χ1n) is 7.61. The third kappa shape index (κ3) is 2.46. The molecule has 5 nitrogen and oxygen atoms in total. The van der Waals surface area contributed by atoms with Gasteiger partial charge >= 0.3 is 0 Å². The molecule has 0 amide bonds. The Hall–Kier alpha value is -2.86. The Labute approximate surface area is 147 Å². The van der Waals surface area contributed by atoms with E-state index < -0.39 is 0 Å². The number of benzene rings is 2. The van der Waals surface area contributed by atoms with E-state index in [1.54, 1.807) is 35.3 Å². The number of imidazole rings is 1. The number of aromatic nitrogens is 4. The molecule has 0 atom stereocenters. The molecule has 7 heteroatoms. The minimum absolute atomic E-state index is 0.153. The predicted octanol–water partition coefficient (Wildman–Crippen LogP) is 4.23. The molecule has 0 saturated heterocycles. The Morgan fingerprint density at radius 1 is 1.16 bits per heavy atom. The normalized spacial score (nSPS) is 11.4. The summed E-state index contributed by atoms with van der Waals surface area (Å²) in [6.07, 6.45) is 1.67. The second-order valence-electron chi connectivity index (χ2n) is 5.82. The summed E-state index contributed by atoms with van der Waals surface area (Å²) in [5, 5.41) is 14.5. The van der Waals surface area contributed by atoms with Crippen LogP contribution in [0.5, 0.6) is 5.75 Å². The van der Waals surface area contributed by atoms with Crippen LogP contribution in [0.1, 0.15) is 5.69 Å². The average Bonchev–Trinajstić information content (AvgIpc) is 3.07. The lowest BCUT2D eigenvalue weighted by atomic mass is 10.1. The van der Waals surface area contributed by atoms with Gasteiger partial charge in [-0.3, -0.25) is 9.25 Å². The van der Waals surface area contributed by atoms with Gasteiger partial charge in [-0.2, -0.15) is 5.10 Å². The van der Waals surface area contributed by atoms with E-state index in [1.165, 1.54) is 12.1 Å². The molecule has 0 unspecified atom stereocenters. The zero-order valence-corrected chi connectivity index (χ0v) is 14.3. The molecule has 2 aromatic carbocycles. The number of hydrogen-bond donors (Lipinski definition) is 1. The number of nitrogens with zero attached hydrogens (tertiary/aromatic N) is 4. The number of phenols is 1. The van der Waals surface area contributed by atoms with Gasteiger partial charge in [0.05, 0.1) is 21.7 Å². The Morgan fingerprint density at radius 3 is 2.72 bits per heavy atom. The van der Waals surface area contributed by atoms with E-state index in [-0.39, 0.29) is 11.6 Å². The van der Waals surface area contributed by atoms with Crippen molar-refractivity contribution in [1.29, 1.82) is 0 Å². The SMILES string of the molecule is Cc1nn(C)c(-n2cnc3cc(O)ccc32)c1-c1ccc(F)cc1Cl. The molecule has 2 heterocycles. The van der Waals surface area contributed by atoms with Crippen molar-refractivity contribution in [2.45, 2.75) is 6.92 Å². The molecule has 0 aliphatic heterocycles. The van der Waals surface area contributed by atoms with E-state index in [1.807, 2.05) is 18.5 Å². The molecular weight excluding hydrogens is 343 g/mol. The van der Waals surface area contributed by atoms with Crippen molar-refractivity contribution in [3.05, 3.63) is 59.3 Å². The maximum atomic E-state index is 13.4. The molecule has 0 saturated carbocycles. The van der Waals surface area contributed by atoms with Gasteiger partial charge in [0.25, 0.3) is 0 Å². The fourth-order valence-corrected chi connectivity index (χ4v) is 3.36. The van der Waals surface area contributed by atoms with Crippen molar-refractivity contribution in [2.75, 3.05) is 0 Å². The molecule has 0 radical (unpaired) electrons. The van der Waals surface area contributed by atoms with Crippen LogP contribution in [0, 0.1) is 12.7 Å². The van der Waals surface area contributed by atoms with Crippen molar-refractivity contribution in [1.82, 2.24) is 19.3 Å². The smallest absolute Gasteiger partial charge is 0.144 e. The quantitative estimate of drug-likeness (QED) is 0.584. The molecule has 4 aromatic rings. The molecule has 4 rings (SSSR count). The highest BCUT2D eigenvalue weighted by atomic mass is 35.5. The highest BCUT2D eigenvalue weighted by Gasteiger charge is 2.21. The number of halogens is 2. The summed E-state index contributed by atoms with van der Waals surface area (Å²) < 4.78 is 17.1. The number of hydrogen-bond acceptors (Lipinski definition) is 3. The van der Waals surface area contributed by atoms with Gasteiger partial charge in [0.1, 0.15) is 23.7 Å². The molecule has 0 fully saturated rings. The predicted molar refractivity (Wildman–Crippen MR) is 94.6 cm³/mol. The second-order valence-corrected chi connectivity index (χ2v) is 6.23. The first-order chi connectivity index (χ1) is 12.0. The summed E-state index contributed by atoms with van der Waals surface area (Å²) in [4.78, 5) is 4.35. The van der Waals surface area contributed by atoms with Gasteiger partial charge in [0, 0.05) is 24.2 Å². The third-order valence-corrected chi connectivity index (χ3v) is 4.46. The van der Waals surface area contributed by atoms with Gasteiger partial charge in [0.2, 0.25) is 0 Å². The van der Waals surface area contributed by atoms with E-state index in [4.69, 9.17) is 11.6 Å². The van der Waals surface area contributed by atoms with Crippen molar-refractivity contribution in [3.63, 3.8) is 0 Å². The van der Waals surface area contributed by atoms with Crippen molar-refractivity contribution >= 4 is 22.6 Å². The fourth-order valence-electron chi connectivity index (χ4n) is 3.10. The second kappa shape index (κ2) is 5.60. The summed E-state index contributed by atoms with van der Waals surface area (Å²) >= 11 is 6.28. The zero-order valence-electron chi connectivity index (χ0n) is 13.5. The van der Waals surface area contributed by atoms with Crippen LogP contribution in [0.2, 0.25) is 5.02 Å². The van der Waals surface area contributed by atoms with Crippen LogP contribution in [0.25, 0.3) is 28.0 Å². The third-order valence-electron chi connectivity index (χ3n) is 4.15. The van der Waals surface area contributed by atoms with Crippen LogP contribution in [0.3, 0.4) is 0 Å². The lowest BCUT2D eigenvalue weighted by molar-refractivity contribution is 0.476. The molecule has 0 aliphatic carbocycles. The van der Waals surface area contributed by atoms with Crippen molar-refractivity contribution < 1.29 is 9.50 Å². The summed E-state index contributed by atoms with van der Waals surface area (Å²) in [5.74, 6) is 0.528. The lowest BCUT2D eigenvalue weighted by Crippen LogP contribution is -2.03. The minimum atomic E-state index is -0.389. The monoisotopic (exact) mass is 356 g/mol. The fraction of sp³-hybridized carbons (Fsp3) is 0.111. The van der Waals surface area contributed by atoms with Crippen molar-refractivity contribution in [2.24, 2.45) is 7.05 Å². The Bertz CT molecular complexity index is 1120. The van der Waals surface area contributed by atoms with Gasteiger partial charge < -0.3 is 5.11 Å². The molecular formula is C18H14ClFN4O. The average molecular weight is 357 g/mol. The molecule has 0 aliphatic rings. The summed E-state index contributed by atoms with van der Waals surface area (Å²) in [6.45, 7) is 1.88. The number of aromatic hydroxyl groups is 1. The van der Waals surface area contributed by atoms with Crippen LogP contribution in [0.4, 0.5) is 4.39 Å².